The lowest BCUT2D eigenvalue weighted by atomic mass is 10.1. The second kappa shape index (κ2) is 7.42. The van der Waals surface area contributed by atoms with Gasteiger partial charge in [0.15, 0.2) is 0 Å². The lowest BCUT2D eigenvalue weighted by molar-refractivity contribution is 0.0705. The molecule has 0 unspecified atom stereocenters. The van der Waals surface area contributed by atoms with Crippen molar-refractivity contribution in [2.24, 2.45) is 0 Å². The van der Waals surface area contributed by atoms with Gasteiger partial charge in [0.2, 0.25) is 0 Å². The minimum Gasteiger partial charge on any atom is -0.487 e. The average Bonchev–Trinajstić information content (AvgIpc) is 3.07. The summed E-state index contributed by atoms with van der Waals surface area (Å²) in [5.74, 6) is -0.539. The summed E-state index contributed by atoms with van der Waals surface area (Å²) in [6.07, 6.45) is 0. The number of rotatable bonds is 4. The summed E-state index contributed by atoms with van der Waals surface area (Å²) in [7, 11) is 0. The Labute approximate surface area is 161 Å². The van der Waals surface area contributed by atoms with Crippen molar-refractivity contribution in [3.63, 3.8) is 0 Å². The number of hydrogen-bond donors (Lipinski definition) is 0. The van der Waals surface area contributed by atoms with E-state index in [1.165, 1.54) is 24.3 Å². The Morgan fingerprint density at radius 1 is 1.11 bits per heavy atom. The van der Waals surface area contributed by atoms with E-state index in [0.717, 1.165) is 5.69 Å². The van der Waals surface area contributed by atoms with Crippen LogP contribution < -0.4 is 4.74 Å². The van der Waals surface area contributed by atoms with E-state index < -0.39 is 5.82 Å². The number of carbonyl (C=O) groups excluding carboxylic acids is 1. The van der Waals surface area contributed by atoms with Crippen molar-refractivity contribution in [2.75, 3.05) is 6.54 Å². The summed E-state index contributed by atoms with van der Waals surface area (Å²) in [6, 6.07) is 12.2. The maximum atomic E-state index is 13.6. The van der Waals surface area contributed by atoms with Crippen molar-refractivity contribution in [1.82, 2.24) is 14.7 Å². The summed E-state index contributed by atoms with van der Waals surface area (Å²) in [6.45, 7) is 3.40. The Bertz CT molecular complexity index is 1010. The molecule has 0 spiro atoms. The number of amides is 1. The second-order valence-electron chi connectivity index (χ2n) is 6.84. The van der Waals surface area contributed by atoms with Gasteiger partial charge < -0.3 is 9.64 Å². The quantitative estimate of drug-likeness (QED) is 0.690. The Morgan fingerprint density at radius 2 is 1.96 bits per heavy atom. The van der Waals surface area contributed by atoms with Crippen LogP contribution in [0.25, 0.3) is 0 Å². The number of aromatic nitrogens is 2. The summed E-state index contributed by atoms with van der Waals surface area (Å²) >= 11 is 0. The molecule has 4 rings (SSSR count). The molecule has 0 fully saturated rings. The van der Waals surface area contributed by atoms with Gasteiger partial charge in [-0.05, 0) is 48.9 Å². The molecule has 144 valence electrons. The van der Waals surface area contributed by atoms with Crippen LogP contribution in [0.5, 0.6) is 5.75 Å². The predicted octanol–water partition coefficient (Wildman–Crippen LogP) is 3.70. The van der Waals surface area contributed by atoms with Crippen molar-refractivity contribution < 1.29 is 18.3 Å². The molecule has 1 amide bonds. The lowest BCUT2D eigenvalue weighted by Gasteiger charge is -2.27. The first-order valence-corrected chi connectivity index (χ1v) is 8.98. The zero-order valence-electron chi connectivity index (χ0n) is 15.4. The molecule has 0 radical (unpaired) electrons. The smallest absolute Gasteiger partial charge is 0.254 e. The molecular weight excluding hydrogens is 364 g/mol. The maximum Gasteiger partial charge on any atom is 0.254 e. The highest BCUT2D eigenvalue weighted by molar-refractivity contribution is 5.94. The van der Waals surface area contributed by atoms with Crippen LogP contribution in [0.15, 0.2) is 48.5 Å². The molecule has 1 aromatic heterocycles. The second-order valence-corrected chi connectivity index (χ2v) is 6.84. The number of ether oxygens (including phenoxy) is 1. The van der Waals surface area contributed by atoms with Crippen LogP contribution in [-0.4, -0.2) is 27.1 Å². The molecule has 0 saturated carbocycles. The monoisotopic (exact) mass is 383 g/mol. The van der Waals surface area contributed by atoms with Gasteiger partial charge in [-0.3, -0.25) is 9.48 Å². The van der Waals surface area contributed by atoms with E-state index >= 15 is 0 Å². The highest BCUT2D eigenvalue weighted by atomic mass is 19.1. The van der Waals surface area contributed by atoms with Crippen LogP contribution in [0.2, 0.25) is 0 Å². The van der Waals surface area contributed by atoms with Gasteiger partial charge in [0.1, 0.15) is 29.7 Å². The molecule has 7 heteroatoms. The van der Waals surface area contributed by atoms with E-state index in [-0.39, 0.29) is 18.3 Å². The molecule has 0 saturated heterocycles. The molecule has 0 N–H and O–H groups in total. The van der Waals surface area contributed by atoms with Crippen LogP contribution in [0.3, 0.4) is 0 Å². The molecule has 1 aliphatic heterocycles. The number of carbonyl (C=O) groups is 1. The first-order valence-electron chi connectivity index (χ1n) is 8.98. The van der Waals surface area contributed by atoms with E-state index in [2.05, 4.69) is 5.10 Å². The number of nitrogens with zero attached hydrogens (tertiary/aromatic N) is 3. The fourth-order valence-electron chi connectivity index (χ4n) is 3.33. The SMILES string of the molecule is Cc1cc(F)cc(C(=O)N2CCn3nc(COc4cccc(F)c4)cc3C2)c1. The fraction of sp³-hybridized carbons (Fsp3) is 0.238. The number of benzene rings is 2. The normalized spacial score (nSPS) is 13.3. The molecule has 2 heterocycles. The largest absolute Gasteiger partial charge is 0.487 e. The van der Waals surface area contributed by atoms with Gasteiger partial charge in [-0.2, -0.15) is 5.10 Å². The summed E-state index contributed by atoms with van der Waals surface area (Å²) in [5.41, 5.74) is 2.64. The molecule has 28 heavy (non-hydrogen) atoms. The zero-order valence-corrected chi connectivity index (χ0v) is 15.4. The standard InChI is InChI=1S/C21H19F2N3O2/c1-14-7-15(9-17(23)8-14)21(27)25-5-6-26-19(12-25)11-18(24-26)13-28-20-4-2-3-16(22)10-20/h2-4,7-11H,5-6,12-13H2,1H3. The van der Waals surface area contributed by atoms with E-state index in [1.54, 1.807) is 30.0 Å². The third-order valence-corrected chi connectivity index (χ3v) is 4.61. The lowest BCUT2D eigenvalue weighted by Crippen LogP contribution is -2.38. The first-order chi connectivity index (χ1) is 13.5. The molecule has 0 bridgehead atoms. The van der Waals surface area contributed by atoms with Crippen LogP contribution in [0.4, 0.5) is 8.78 Å². The minimum absolute atomic E-state index is 0.201. The predicted molar refractivity (Wildman–Crippen MR) is 98.8 cm³/mol. The van der Waals surface area contributed by atoms with Crippen molar-refractivity contribution in [1.29, 1.82) is 0 Å². The van der Waals surface area contributed by atoms with Gasteiger partial charge in [0.25, 0.3) is 5.91 Å². The first kappa shape index (κ1) is 18.2. The van der Waals surface area contributed by atoms with Gasteiger partial charge in [-0.1, -0.05) is 6.07 Å². The van der Waals surface area contributed by atoms with E-state index in [9.17, 15) is 13.6 Å². The van der Waals surface area contributed by atoms with Gasteiger partial charge in [0, 0.05) is 18.2 Å². The Hall–Kier alpha value is -3.22. The number of hydrogen-bond acceptors (Lipinski definition) is 3. The van der Waals surface area contributed by atoms with Crippen molar-refractivity contribution in [3.05, 3.63) is 82.7 Å². The Balaban J connectivity index is 1.44. The Kier molecular flexibility index (Phi) is 4.81. The van der Waals surface area contributed by atoms with Crippen molar-refractivity contribution in [3.8, 4) is 5.75 Å². The minimum atomic E-state index is -0.415. The molecule has 5 nitrogen and oxygen atoms in total. The molecule has 1 aliphatic rings. The van der Waals surface area contributed by atoms with E-state index in [4.69, 9.17) is 4.74 Å². The molecule has 0 atom stereocenters. The van der Waals surface area contributed by atoms with Gasteiger partial charge in [0.05, 0.1) is 18.8 Å². The molecule has 3 aromatic rings. The van der Waals surface area contributed by atoms with Crippen LogP contribution in [0, 0.1) is 18.6 Å². The fourth-order valence-corrected chi connectivity index (χ4v) is 3.33. The maximum absolute atomic E-state index is 13.6. The summed E-state index contributed by atoms with van der Waals surface area (Å²) in [5, 5.41) is 4.48. The van der Waals surface area contributed by atoms with Crippen LogP contribution >= 0.6 is 0 Å². The average molecular weight is 383 g/mol. The number of aryl methyl sites for hydroxylation is 1. The summed E-state index contributed by atoms with van der Waals surface area (Å²) in [4.78, 5) is 14.4. The van der Waals surface area contributed by atoms with Crippen LogP contribution in [0.1, 0.15) is 27.3 Å². The van der Waals surface area contributed by atoms with E-state index in [1.807, 2.05) is 10.7 Å². The van der Waals surface area contributed by atoms with E-state index in [0.29, 0.717) is 42.2 Å². The highest BCUT2D eigenvalue weighted by Crippen LogP contribution is 2.19. The third-order valence-electron chi connectivity index (χ3n) is 4.61. The topological polar surface area (TPSA) is 47.4 Å². The Morgan fingerprint density at radius 3 is 2.75 bits per heavy atom. The number of fused-ring (bicyclic) bond motifs is 1. The highest BCUT2D eigenvalue weighted by Gasteiger charge is 2.24. The third kappa shape index (κ3) is 3.88. The molecule has 0 aliphatic carbocycles. The number of halogens is 2. The van der Waals surface area contributed by atoms with Gasteiger partial charge in [-0.15, -0.1) is 0 Å². The van der Waals surface area contributed by atoms with Gasteiger partial charge in [-0.25, -0.2) is 8.78 Å². The van der Waals surface area contributed by atoms with Crippen LogP contribution in [-0.2, 0) is 19.7 Å². The van der Waals surface area contributed by atoms with Crippen molar-refractivity contribution in [2.45, 2.75) is 26.6 Å². The van der Waals surface area contributed by atoms with Crippen molar-refractivity contribution >= 4 is 5.91 Å². The molecular formula is C21H19F2N3O2. The summed E-state index contributed by atoms with van der Waals surface area (Å²) < 4.78 is 34.3. The van der Waals surface area contributed by atoms with Gasteiger partial charge >= 0.3 is 0 Å². The molecule has 2 aromatic carbocycles. The zero-order chi connectivity index (χ0) is 19.7.